The van der Waals surface area contributed by atoms with Gasteiger partial charge < -0.3 is 55.4 Å². The Morgan fingerprint density at radius 1 is 0.783 bits per heavy atom. The summed E-state index contributed by atoms with van der Waals surface area (Å²) in [7, 11) is 9.48. The highest BCUT2D eigenvalue weighted by Crippen LogP contribution is 2.67. The Balaban J connectivity index is 0.00000157. The highest BCUT2D eigenvalue weighted by atomic mass is 33.1. The number of anilines is 1. The summed E-state index contributed by atoms with van der Waals surface area (Å²) in [4.78, 5) is 180. The number of hydrogen-bond donors (Lipinski definition) is 9. The first kappa shape index (κ1) is 88.6. The monoisotopic (exact) mass is 1550 g/mol. The number of ketones is 2. The van der Waals surface area contributed by atoms with Crippen molar-refractivity contribution in [2.75, 3.05) is 101 Å². The minimum atomic E-state index is -2.56. The first-order valence-corrected chi connectivity index (χ1v) is 39.6. The van der Waals surface area contributed by atoms with Crippen molar-refractivity contribution in [3.05, 3.63) is 70.9 Å². The molecule has 1 spiro atoms. The molecule has 1 saturated carbocycles. The van der Waals surface area contributed by atoms with Crippen LogP contribution in [0.1, 0.15) is 122 Å². The second kappa shape index (κ2) is 41.9. The number of hydrazine groups is 1. The van der Waals surface area contributed by atoms with Gasteiger partial charge in [0.05, 0.1) is 30.2 Å². The van der Waals surface area contributed by atoms with Gasteiger partial charge in [-0.3, -0.25) is 48.8 Å². The number of piperidine rings is 1. The Labute approximate surface area is 629 Å². The van der Waals surface area contributed by atoms with Crippen LogP contribution in [0, 0.1) is 23.2 Å². The van der Waals surface area contributed by atoms with E-state index in [2.05, 4.69) is 59.8 Å². The number of likely N-dealkylation sites (N-methyl/N-ethyl adjacent to an activating group) is 1. The zero-order valence-corrected chi connectivity index (χ0v) is 63.8. The van der Waals surface area contributed by atoms with Crippen LogP contribution in [-0.2, 0) is 98.6 Å². The fourth-order valence-corrected chi connectivity index (χ4v) is 19.8. The average Bonchev–Trinajstić information content (AvgIpc) is 1.46. The summed E-state index contributed by atoms with van der Waals surface area (Å²) in [5, 5.41) is 47.9. The van der Waals surface area contributed by atoms with E-state index in [0.29, 0.717) is 106 Å². The summed E-state index contributed by atoms with van der Waals surface area (Å²) in [5.74, 6) is -0.787. The molecule has 580 valence electrons. The molecule has 1 aliphatic carbocycles. The Morgan fingerprint density at radius 2 is 1.43 bits per heavy atom. The molecular weight excluding hydrogens is 1460 g/mol. The second-order valence-electron chi connectivity index (χ2n) is 26.7. The third-order valence-electron chi connectivity index (χ3n) is 20.6. The van der Waals surface area contributed by atoms with E-state index in [1.54, 1.807) is 49.5 Å². The first-order chi connectivity index (χ1) is 50.7. The van der Waals surface area contributed by atoms with Gasteiger partial charge in [-0.1, -0.05) is 108 Å². The van der Waals surface area contributed by atoms with Crippen LogP contribution in [0.2, 0.25) is 0 Å². The number of ether oxygens (including phenoxy) is 3. The van der Waals surface area contributed by atoms with Crippen LogP contribution in [0.3, 0.4) is 0 Å². The van der Waals surface area contributed by atoms with Gasteiger partial charge in [-0.15, -0.1) is 0 Å². The number of benzene rings is 2. The molecule has 3 fully saturated rings. The molecule has 5 aliphatic heterocycles. The summed E-state index contributed by atoms with van der Waals surface area (Å²) in [6, 6.07) is 9.94. The lowest BCUT2D eigenvalue weighted by molar-refractivity contribution is -0.204. The van der Waals surface area contributed by atoms with Crippen molar-refractivity contribution in [2.45, 2.75) is 152 Å². The van der Waals surface area contributed by atoms with Crippen molar-refractivity contribution in [3.8, 4) is 5.75 Å². The van der Waals surface area contributed by atoms with E-state index in [9.17, 15) is 48.9 Å². The summed E-state index contributed by atoms with van der Waals surface area (Å²) in [6.45, 7) is 14.6. The number of para-hydroxylation sites is 1. The number of amides is 5. The predicted octanol–water partition coefficient (Wildman–Crippen LogP) is 3.16. The lowest BCUT2D eigenvalue weighted by Gasteiger charge is -2.63. The highest BCUT2D eigenvalue weighted by Gasteiger charge is 2.79. The minimum Gasteiger partial charge on any atom is -0.496 e. The molecule has 9 rings (SSSR count). The van der Waals surface area contributed by atoms with Gasteiger partial charge in [-0.2, -0.15) is 38.4 Å². The molecule has 2 unspecified atom stereocenters. The summed E-state index contributed by atoms with van der Waals surface area (Å²) < 4.78 is 17.9. The topological polar surface area (TPSA) is 447 Å². The molecule has 6 heterocycles. The van der Waals surface area contributed by atoms with E-state index in [0.717, 1.165) is 45.6 Å². The standard InChI is InChI=1S/C67H95N9O14S4.4CO2/c1-9-63(86)35-44-36-65(39-89-40-77,55-47(17-25-75(37-44)38-63)46-15-12-13-16-50(46)71-55)49-33-48-51(34-53(49)88-8)74(7)59-66(48)21-26-76-24-14-20-64(10-2,58(66)76)60(83)67(59,87)61(84)72-73-62(85)90-27-30-94-93-29-19-54(80)68-22-23-69-56(81)42(5)32-52(79)43(6)70-57(82)41(4)31-45(78)18-28-92-91-11-3;4*2-1-3/h12-16,20,33-34,40-44,58-60,71,83,86-87H,9-11,17-19,21-32,35-39H2,1-8H3,(H,68,80)(H,69,81)(H,70,82)(H,72,84)(H,73,85);;;;/t41-,42-,43+,44?,58+,59-,60-,63+,64-,65+,66-,67+;;;;/m1..../s1. The van der Waals surface area contributed by atoms with E-state index in [1.807, 2.05) is 63.1 Å². The number of rotatable bonds is 31. The summed E-state index contributed by atoms with van der Waals surface area (Å²) in [5.41, 5.74) is 3.22. The van der Waals surface area contributed by atoms with Crippen molar-refractivity contribution in [2.24, 2.45) is 23.2 Å². The molecule has 1 aromatic heterocycles. The third-order valence-corrected chi connectivity index (χ3v) is 25.4. The molecule has 3 aromatic rings. The van der Waals surface area contributed by atoms with Crippen LogP contribution >= 0.6 is 43.2 Å². The number of carbonyl (C=O) groups excluding carboxylic acids is 16. The Hall–Kier alpha value is -8.00. The molecule has 35 heteroatoms. The van der Waals surface area contributed by atoms with Crippen LogP contribution in [0.4, 0.5) is 10.5 Å². The smallest absolute Gasteiger partial charge is 0.426 e. The number of hydrogen-bond acceptors (Lipinski definition) is 29. The molecule has 2 saturated heterocycles. The Bertz CT molecular complexity index is 3680. The van der Waals surface area contributed by atoms with Crippen molar-refractivity contribution in [1.29, 1.82) is 0 Å². The lowest BCUT2D eigenvalue weighted by atomic mass is 9.47. The predicted molar refractivity (Wildman–Crippen MR) is 387 cm³/mol. The number of fused-ring (bicyclic) bond motifs is 6. The van der Waals surface area contributed by atoms with Gasteiger partial charge in [-0.05, 0) is 81.2 Å². The van der Waals surface area contributed by atoms with Crippen LogP contribution in [0.25, 0.3) is 10.9 Å². The summed E-state index contributed by atoms with van der Waals surface area (Å²) >= 11 is 0. The zero-order chi connectivity index (χ0) is 78.6. The average molecular weight is 1550 g/mol. The van der Waals surface area contributed by atoms with Crippen molar-refractivity contribution in [3.63, 3.8) is 0 Å². The maximum Gasteiger partial charge on any atom is 0.426 e. The Kier molecular flexibility index (Phi) is 35.1. The fourth-order valence-electron chi connectivity index (χ4n) is 16.2. The molecule has 0 radical (unpaired) electrons. The molecule has 9 N–H and O–H groups in total. The lowest BCUT2D eigenvalue weighted by Crippen LogP contribution is -2.82. The number of Topliss-reactive ketones (excluding diaryl/α,β-unsaturated/α-hetero) is 2. The maximum atomic E-state index is 15.1. The highest BCUT2D eigenvalue weighted by molar-refractivity contribution is 8.77. The maximum absolute atomic E-state index is 15.1. The molecular formula is C71H95N9O22S4. The minimum absolute atomic E-state index is 0.00882. The van der Waals surface area contributed by atoms with Crippen LogP contribution < -0.4 is 36.4 Å². The second-order valence-corrected chi connectivity index (χ2v) is 32.3. The van der Waals surface area contributed by atoms with Crippen molar-refractivity contribution < 1.29 is 106 Å². The third kappa shape index (κ3) is 20.6. The molecule has 6 aliphatic rings. The SMILES string of the molecule is CCSSCCC(=O)C[C@@H](C)C(=O)N[C@@H](C)C(=O)C[C@@H](C)C(=O)NCCNC(=O)CCSSCCOC(=O)NNC(=O)[C@@]1(O)[C@H](O)[C@]2(CC)C=CCN3CC[C@@]4(c5cc([C@@]6(COC=O)CC7CN(CCc8c6[nH]c6ccccc86)C[C@](O)(CC)C7)c(OC)cc5N(C)[C@@H]14)[C@@H]32.O=C=O.O=C=O.O=C=O.O=C=O. The quantitative estimate of drug-likeness (QED) is 0.0147. The van der Waals surface area contributed by atoms with Gasteiger partial charge in [0.25, 0.3) is 12.4 Å². The fraction of sp³-hybridized carbons (Fsp3) is 0.606. The first-order valence-electron chi connectivity index (χ1n) is 34.6. The van der Waals surface area contributed by atoms with Gasteiger partial charge in [0.1, 0.15) is 30.9 Å². The largest absolute Gasteiger partial charge is 0.496 e. The zero-order valence-electron chi connectivity index (χ0n) is 60.6. The molecule has 2 bridgehead atoms. The van der Waals surface area contributed by atoms with E-state index in [1.165, 1.54) is 21.6 Å². The van der Waals surface area contributed by atoms with Gasteiger partial charge in [0, 0.05) is 158 Å². The van der Waals surface area contributed by atoms with Gasteiger partial charge in [-0.25, -0.2) is 10.2 Å². The Morgan fingerprint density at radius 3 is 2.09 bits per heavy atom. The normalized spacial score (nSPS) is 25.4. The van der Waals surface area contributed by atoms with Crippen LogP contribution in [0.5, 0.6) is 5.75 Å². The van der Waals surface area contributed by atoms with E-state index >= 15 is 4.79 Å². The van der Waals surface area contributed by atoms with Crippen LogP contribution in [0.15, 0.2) is 48.6 Å². The number of aliphatic hydroxyl groups excluding tert-OH is 1. The van der Waals surface area contributed by atoms with E-state index in [-0.39, 0.29) is 99.5 Å². The number of methoxy groups -OCH3 is 1. The van der Waals surface area contributed by atoms with Gasteiger partial charge in [0.2, 0.25) is 17.7 Å². The van der Waals surface area contributed by atoms with Gasteiger partial charge in [0.15, 0.2) is 11.4 Å². The molecule has 5 amide bonds. The number of aliphatic hydroxyl groups is 3. The van der Waals surface area contributed by atoms with E-state index < -0.39 is 81.4 Å². The van der Waals surface area contributed by atoms with Crippen molar-refractivity contribution in [1.82, 2.24) is 41.6 Å². The van der Waals surface area contributed by atoms with Crippen LogP contribution in [-0.4, -0.2) is 234 Å². The summed E-state index contributed by atoms with van der Waals surface area (Å²) in [6.07, 6.45) is 5.90. The number of nitrogens with one attached hydrogen (secondary N) is 6. The molecule has 31 nitrogen and oxygen atoms in total. The molecule has 2 aromatic carbocycles. The van der Waals surface area contributed by atoms with Gasteiger partial charge >= 0.3 is 30.7 Å². The molecule has 13 atom stereocenters. The number of H-pyrrole nitrogens is 1. The molecule has 106 heavy (non-hydrogen) atoms. The number of aromatic amines is 1. The number of carbonyl (C=O) groups is 8. The number of nitrogens with zero attached hydrogens (tertiary/aromatic N) is 3. The van der Waals surface area contributed by atoms with Crippen molar-refractivity contribution >= 4 is 132 Å². The van der Waals surface area contributed by atoms with E-state index in [4.69, 9.17) is 52.6 Å². The number of aromatic nitrogens is 1.